The number of fused-ring (bicyclic) bond motifs is 1. The van der Waals surface area contributed by atoms with Gasteiger partial charge in [-0.2, -0.15) is 5.10 Å². The first-order valence-corrected chi connectivity index (χ1v) is 5.80. The van der Waals surface area contributed by atoms with Crippen LogP contribution < -0.4 is 0 Å². The third-order valence-electron chi connectivity index (χ3n) is 2.84. The number of benzene rings is 1. The topological polar surface area (TPSA) is 50.4 Å². The normalized spacial score (nSPS) is 10.9. The van der Waals surface area contributed by atoms with E-state index in [0.29, 0.717) is 6.42 Å². The van der Waals surface area contributed by atoms with Crippen molar-refractivity contribution in [1.82, 2.24) is 14.6 Å². The number of rotatable bonds is 2. The van der Waals surface area contributed by atoms with Gasteiger partial charge in [0.25, 0.3) is 0 Å². The summed E-state index contributed by atoms with van der Waals surface area (Å²) in [6, 6.07) is 11.1. The van der Waals surface area contributed by atoms with Crippen molar-refractivity contribution in [2.45, 2.75) is 13.3 Å². The lowest BCUT2D eigenvalue weighted by molar-refractivity contribution is 0.475. The minimum Gasteiger partial charge on any atom is -0.508 e. The Balaban J connectivity index is 1.92. The zero-order chi connectivity index (χ0) is 12.5. The monoisotopic (exact) mass is 239 g/mol. The minimum absolute atomic E-state index is 0.275. The first-order chi connectivity index (χ1) is 8.70. The number of aromatic hydroxyl groups is 1. The molecule has 90 valence electrons. The number of hydrogen-bond donors (Lipinski definition) is 1. The molecule has 1 N–H and O–H groups in total. The number of hydrogen-bond acceptors (Lipinski definition) is 3. The second-order valence-corrected chi connectivity index (χ2v) is 4.38. The average molecular weight is 239 g/mol. The third kappa shape index (κ3) is 2.05. The van der Waals surface area contributed by atoms with E-state index < -0.39 is 0 Å². The van der Waals surface area contributed by atoms with Gasteiger partial charge in [0.2, 0.25) is 0 Å². The molecule has 18 heavy (non-hydrogen) atoms. The van der Waals surface area contributed by atoms with Gasteiger partial charge in [0.1, 0.15) is 5.75 Å². The fourth-order valence-corrected chi connectivity index (χ4v) is 1.90. The van der Waals surface area contributed by atoms with E-state index in [4.69, 9.17) is 0 Å². The SMILES string of the molecule is Cc1ccn2nc(Cc3ccc(O)cc3)nc2c1. The third-order valence-corrected chi connectivity index (χ3v) is 2.84. The summed E-state index contributed by atoms with van der Waals surface area (Å²) < 4.78 is 1.78. The van der Waals surface area contributed by atoms with Gasteiger partial charge in [-0.05, 0) is 42.3 Å². The lowest BCUT2D eigenvalue weighted by atomic mass is 10.1. The smallest absolute Gasteiger partial charge is 0.156 e. The Kier molecular flexibility index (Phi) is 2.48. The van der Waals surface area contributed by atoms with Crippen LogP contribution in [-0.2, 0) is 6.42 Å². The molecule has 0 saturated heterocycles. The van der Waals surface area contributed by atoms with Crippen LogP contribution in [0.3, 0.4) is 0 Å². The van der Waals surface area contributed by atoms with Crippen LogP contribution in [0.2, 0.25) is 0 Å². The molecule has 3 rings (SSSR count). The molecule has 4 heteroatoms. The molecule has 0 atom stereocenters. The molecule has 0 aliphatic rings. The van der Waals surface area contributed by atoms with E-state index in [2.05, 4.69) is 10.1 Å². The molecular formula is C14H13N3O. The van der Waals surface area contributed by atoms with E-state index in [1.807, 2.05) is 37.4 Å². The second-order valence-electron chi connectivity index (χ2n) is 4.38. The summed E-state index contributed by atoms with van der Waals surface area (Å²) in [5.41, 5.74) is 3.12. The van der Waals surface area contributed by atoms with Crippen molar-refractivity contribution >= 4 is 5.65 Å². The molecule has 0 aliphatic carbocycles. The van der Waals surface area contributed by atoms with Gasteiger partial charge in [-0.15, -0.1) is 0 Å². The fourth-order valence-electron chi connectivity index (χ4n) is 1.90. The predicted molar refractivity (Wildman–Crippen MR) is 68.6 cm³/mol. The molecule has 0 amide bonds. The Morgan fingerprint density at radius 3 is 2.72 bits per heavy atom. The highest BCUT2D eigenvalue weighted by Crippen LogP contribution is 2.13. The predicted octanol–water partition coefficient (Wildman–Crippen LogP) is 2.33. The molecule has 0 unspecified atom stereocenters. The first-order valence-electron chi connectivity index (χ1n) is 5.80. The summed E-state index contributed by atoms with van der Waals surface area (Å²) >= 11 is 0. The van der Waals surface area contributed by atoms with Crippen LogP contribution in [0.25, 0.3) is 5.65 Å². The molecule has 0 spiro atoms. The Morgan fingerprint density at radius 2 is 1.94 bits per heavy atom. The molecule has 0 saturated carbocycles. The zero-order valence-electron chi connectivity index (χ0n) is 10.0. The highest BCUT2D eigenvalue weighted by molar-refractivity contribution is 5.40. The summed E-state index contributed by atoms with van der Waals surface area (Å²) in [5.74, 6) is 1.06. The fraction of sp³-hybridized carbons (Fsp3) is 0.143. The summed E-state index contributed by atoms with van der Waals surface area (Å²) in [5, 5.41) is 13.6. The maximum Gasteiger partial charge on any atom is 0.156 e. The van der Waals surface area contributed by atoms with Crippen molar-refractivity contribution in [3.05, 3.63) is 59.5 Å². The molecule has 0 aliphatic heterocycles. The number of aryl methyl sites for hydroxylation is 1. The Labute approximate surface area is 105 Å². The van der Waals surface area contributed by atoms with E-state index in [1.54, 1.807) is 16.6 Å². The molecule has 1 aromatic carbocycles. The van der Waals surface area contributed by atoms with E-state index in [-0.39, 0.29) is 5.75 Å². The maximum atomic E-state index is 9.23. The second kappa shape index (κ2) is 4.14. The minimum atomic E-state index is 0.275. The van der Waals surface area contributed by atoms with Gasteiger partial charge in [0.05, 0.1) is 0 Å². The van der Waals surface area contributed by atoms with Crippen LogP contribution in [0.5, 0.6) is 5.75 Å². The van der Waals surface area contributed by atoms with Crippen molar-refractivity contribution < 1.29 is 5.11 Å². The maximum absolute atomic E-state index is 9.23. The number of phenolic OH excluding ortho intramolecular Hbond substituents is 1. The lowest BCUT2D eigenvalue weighted by Crippen LogP contribution is -1.91. The molecule has 2 heterocycles. The molecule has 0 fully saturated rings. The summed E-state index contributed by atoms with van der Waals surface area (Å²) in [7, 11) is 0. The number of nitrogens with zero attached hydrogens (tertiary/aromatic N) is 3. The highest BCUT2D eigenvalue weighted by atomic mass is 16.3. The van der Waals surface area contributed by atoms with E-state index in [9.17, 15) is 5.11 Å². The van der Waals surface area contributed by atoms with Crippen LogP contribution in [-0.4, -0.2) is 19.7 Å². The van der Waals surface area contributed by atoms with Crippen molar-refractivity contribution in [1.29, 1.82) is 0 Å². The number of pyridine rings is 1. The van der Waals surface area contributed by atoms with E-state index in [1.165, 1.54) is 5.56 Å². The van der Waals surface area contributed by atoms with Crippen LogP contribution in [0.1, 0.15) is 17.0 Å². The summed E-state index contributed by atoms with van der Waals surface area (Å²) in [6.45, 7) is 2.04. The number of aromatic nitrogens is 3. The molecule has 0 radical (unpaired) electrons. The van der Waals surface area contributed by atoms with Gasteiger partial charge < -0.3 is 5.11 Å². The van der Waals surface area contributed by atoms with Crippen LogP contribution in [0, 0.1) is 6.92 Å². The largest absolute Gasteiger partial charge is 0.508 e. The molecule has 3 aromatic rings. The van der Waals surface area contributed by atoms with Crippen molar-refractivity contribution in [2.75, 3.05) is 0 Å². The van der Waals surface area contributed by atoms with Gasteiger partial charge in [-0.1, -0.05) is 12.1 Å². The zero-order valence-corrected chi connectivity index (χ0v) is 10.0. The van der Waals surface area contributed by atoms with Crippen LogP contribution >= 0.6 is 0 Å². The van der Waals surface area contributed by atoms with Crippen molar-refractivity contribution in [2.24, 2.45) is 0 Å². The van der Waals surface area contributed by atoms with Gasteiger partial charge >= 0.3 is 0 Å². The van der Waals surface area contributed by atoms with Gasteiger partial charge in [-0.25, -0.2) is 9.50 Å². The standard InChI is InChI=1S/C14H13N3O/c1-10-6-7-17-14(8-10)15-13(16-17)9-11-2-4-12(18)5-3-11/h2-8,18H,9H2,1H3. The first kappa shape index (κ1) is 10.8. The van der Waals surface area contributed by atoms with E-state index >= 15 is 0 Å². The van der Waals surface area contributed by atoms with Crippen LogP contribution in [0.15, 0.2) is 42.6 Å². The van der Waals surface area contributed by atoms with Crippen LogP contribution in [0.4, 0.5) is 0 Å². The number of phenols is 1. The van der Waals surface area contributed by atoms with Gasteiger partial charge in [0.15, 0.2) is 11.5 Å². The molecule has 0 bridgehead atoms. The highest BCUT2D eigenvalue weighted by Gasteiger charge is 2.04. The molecule has 4 nitrogen and oxygen atoms in total. The van der Waals surface area contributed by atoms with Gasteiger partial charge in [0, 0.05) is 12.6 Å². The molecular weight excluding hydrogens is 226 g/mol. The van der Waals surface area contributed by atoms with Crippen molar-refractivity contribution in [3.8, 4) is 5.75 Å². The van der Waals surface area contributed by atoms with Gasteiger partial charge in [-0.3, -0.25) is 0 Å². The quantitative estimate of drug-likeness (QED) is 0.746. The van der Waals surface area contributed by atoms with E-state index in [0.717, 1.165) is 17.0 Å². The Hall–Kier alpha value is -2.36. The Bertz CT molecular complexity index is 686. The lowest BCUT2D eigenvalue weighted by Gasteiger charge is -1.96. The Morgan fingerprint density at radius 1 is 1.17 bits per heavy atom. The van der Waals surface area contributed by atoms with Crippen molar-refractivity contribution in [3.63, 3.8) is 0 Å². The molecule has 2 aromatic heterocycles. The summed E-state index contributed by atoms with van der Waals surface area (Å²) in [4.78, 5) is 4.48. The summed E-state index contributed by atoms with van der Waals surface area (Å²) in [6.07, 6.45) is 2.58. The average Bonchev–Trinajstić information content (AvgIpc) is 2.73.